The van der Waals surface area contributed by atoms with Gasteiger partial charge in [-0.1, -0.05) is 30.4 Å². The van der Waals surface area contributed by atoms with E-state index in [1.807, 2.05) is 31.2 Å². The van der Waals surface area contributed by atoms with E-state index in [0.717, 1.165) is 55.0 Å². The summed E-state index contributed by atoms with van der Waals surface area (Å²) < 4.78 is 6.19. The van der Waals surface area contributed by atoms with Gasteiger partial charge in [-0.05, 0) is 56.7 Å². The minimum atomic E-state index is 0.0850. The molecule has 0 atom stereocenters. The second-order valence-electron chi connectivity index (χ2n) is 8.57. The number of likely N-dealkylation sites (tertiary alicyclic amines) is 1. The summed E-state index contributed by atoms with van der Waals surface area (Å²) in [5.41, 5.74) is 8.53. The van der Waals surface area contributed by atoms with Crippen molar-refractivity contribution in [1.29, 1.82) is 10.8 Å². The summed E-state index contributed by atoms with van der Waals surface area (Å²) in [6, 6.07) is 16.4. The molecule has 0 amide bonds. The molecule has 0 unspecified atom stereocenters. The average molecular weight is 434 g/mol. The third kappa shape index (κ3) is 6.36. The van der Waals surface area contributed by atoms with Crippen molar-refractivity contribution in [2.24, 2.45) is 5.73 Å². The number of nitrogen functional groups attached to an aromatic ring is 1. The fourth-order valence-corrected chi connectivity index (χ4v) is 3.94. The molecule has 4 N–H and O–H groups in total. The number of nitrogens with zero attached hydrogens (tertiary/aromatic N) is 2. The van der Waals surface area contributed by atoms with Gasteiger partial charge in [-0.3, -0.25) is 10.8 Å². The third-order valence-electron chi connectivity index (χ3n) is 5.82. The van der Waals surface area contributed by atoms with Crippen LogP contribution < -0.4 is 15.4 Å². The van der Waals surface area contributed by atoms with E-state index in [2.05, 4.69) is 60.1 Å². The first-order valence-electron chi connectivity index (χ1n) is 11.3. The molecule has 1 saturated heterocycles. The van der Waals surface area contributed by atoms with Gasteiger partial charge in [0.05, 0.1) is 5.84 Å². The number of piperidine rings is 1. The third-order valence-corrected chi connectivity index (χ3v) is 5.82. The van der Waals surface area contributed by atoms with Gasteiger partial charge in [0, 0.05) is 49.8 Å². The molecule has 3 rings (SSSR count). The lowest BCUT2D eigenvalue weighted by atomic mass is 10.1. The zero-order valence-electron chi connectivity index (χ0n) is 19.3. The number of benzene rings is 2. The molecule has 6 nitrogen and oxygen atoms in total. The smallest absolute Gasteiger partial charge is 0.122 e. The van der Waals surface area contributed by atoms with Crippen molar-refractivity contribution >= 4 is 23.4 Å². The Bertz CT molecular complexity index is 943. The summed E-state index contributed by atoms with van der Waals surface area (Å²) in [6.07, 6.45) is 6.33. The summed E-state index contributed by atoms with van der Waals surface area (Å²) >= 11 is 0. The lowest BCUT2D eigenvalue weighted by Gasteiger charge is -2.33. The SMILES string of the molecule is CC(=N)N1CCC(Oc2ccc(N(CC=Cc3cccc(C(=N)N)c3)C(C)C)cc2)CC1. The van der Waals surface area contributed by atoms with Gasteiger partial charge in [0.2, 0.25) is 0 Å². The zero-order valence-corrected chi connectivity index (χ0v) is 19.3. The molecule has 6 heteroatoms. The normalized spacial score (nSPS) is 14.7. The van der Waals surface area contributed by atoms with Crippen molar-refractivity contribution in [1.82, 2.24) is 4.90 Å². The Kier molecular flexibility index (Phi) is 7.92. The van der Waals surface area contributed by atoms with Crippen molar-refractivity contribution in [2.75, 3.05) is 24.5 Å². The highest BCUT2D eigenvalue weighted by atomic mass is 16.5. The van der Waals surface area contributed by atoms with Gasteiger partial charge in [0.1, 0.15) is 17.7 Å². The van der Waals surface area contributed by atoms with Crippen LogP contribution in [0.5, 0.6) is 5.75 Å². The van der Waals surface area contributed by atoms with Gasteiger partial charge in [0.15, 0.2) is 0 Å². The Morgan fingerprint density at radius 3 is 2.44 bits per heavy atom. The van der Waals surface area contributed by atoms with E-state index in [1.54, 1.807) is 0 Å². The van der Waals surface area contributed by atoms with E-state index < -0.39 is 0 Å². The lowest BCUT2D eigenvalue weighted by molar-refractivity contribution is 0.130. The molecule has 0 bridgehead atoms. The molecule has 0 saturated carbocycles. The van der Waals surface area contributed by atoms with E-state index in [9.17, 15) is 0 Å². The molecule has 0 aromatic heterocycles. The van der Waals surface area contributed by atoms with Crippen LogP contribution in [0, 0.1) is 10.8 Å². The molecule has 1 fully saturated rings. The van der Waals surface area contributed by atoms with Crippen molar-refractivity contribution in [2.45, 2.75) is 45.8 Å². The van der Waals surface area contributed by atoms with Crippen LogP contribution in [0.3, 0.4) is 0 Å². The molecule has 2 aromatic carbocycles. The number of amidine groups is 2. The van der Waals surface area contributed by atoms with Crippen molar-refractivity contribution in [3.8, 4) is 5.75 Å². The number of hydrogen-bond acceptors (Lipinski definition) is 4. The van der Waals surface area contributed by atoms with Crippen LogP contribution >= 0.6 is 0 Å². The molecule has 0 radical (unpaired) electrons. The molecule has 1 aliphatic heterocycles. The van der Waals surface area contributed by atoms with Crippen molar-refractivity contribution in [3.05, 3.63) is 65.7 Å². The number of ether oxygens (including phenoxy) is 1. The van der Waals surface area contributed by atoms with Crippen LogP contribution in [0.15, 0.2) is 54.6 Å². The molecule has 1 heterocycles. The molecular weight excluding hydrogens is 398 g/mol. The van der Waals surface area contributed by atoms with Gasteiger partial charge in [-0.15, -0.1) is 0 Å². The van der Waals surface area contributed by atoms with E-state index in [0.29, 0.717) is 11.9 Å². The topological polar surface area (TPSA) is 89.4 Å². The highest BCUT2D eigenvalue weighted by Gasteiger charge is 2.20. The Morgan fingerprint density at radius 2 is 1.84 bits per heavy atom. The minimum Gasteiger partial charge on any atom is -0.490 e. The number of rotatable bonds is 8. The molecule has 170 valence electrons. The molecule has 1 aliphatic rings. The van der Waals surface area contributed by atoms with Crippen LogP contribution in [0.25, 0.3) is 6.08 Å². The first-order valence-corrected chi connectivity index (χ1v) is 11.3. The predicted molar refractivity (Wildman–Crippen MR) is 134 cm³/mol. The molecule has 0 spiro atoms. The average Bonchev–Trinajstić information content (AvgIpc) is 2.78. The fourth-order valence-electron chi connectivity index (χ4n) is 3.94. The Hall–Kier alpha value is -3.28. The highest BCUT2D eigenvalue weighted by Crippen LogP contribution is 2.24. The maximum absolute atomic E-state index is 7.76. The van der Waals surface area contributed by atoms with Crippen LogP contribution in [-0.4, -0.2) is 48.4 Å². The van der Waals surface area contributed by atoms with E-state index in [4.69, 9.17) is 21.3 Å². The lowest BCUT2D eigenvalue weighted by Crippen LogP contribution is -2.40. The van der Waals surface area contributed by atoms with Gasteiger partial charge in [0.25, 0.3) is 0 Å². The molecule has 2 aromatic rings. The summed E-state index contributed by atoms with van der Waals surface area (Å²) in [4.78, 5) is 4.44. The van der Waals surface area contributed by atoms with Crippen LogP contribution in [-0.2, 0) is 0 Å². The molecule has 0 aliphatic carbocycles. The van der Waals surface area contributed by atoms with Gasteiger partial charge >= 0.3 is 0 Å². The number of hydrogen-bond donors (Lipinski definition) is 3. The standard InChI is InChI=1S/C26H35N5O/c1-19(2)31(15-5-7-21-6-4-8-22(18-21)26(28)29)23-9-11-24(12-10-23)32-25-13-16-30(17-14-25)20(3)27/h4-12,18-19,25,27H,13-17H2,1-3H3,(H3,28,29). The summed E-state index contributed by atoms with van der Waals surface area (Å²) in [5.74, 6) is 1.63. The van der Waals surface area contributed by atoms with Crippen LogP contribution in [0.4, 0.5) is 5.69 Å². The van der Waals surface area contributed by atoms with Crippen molar-refractivity contribution < 1.29 is 4.74 Å². The fraction of sp³-hybridized carbons (Fsp3) is 0.385. The number of nitrogens with two attached hydrogens (primary N) is 1. The first kappa shape index (κ1) is 23.4. The highest BCUT2D eigenvalue weighted by molar-refractivity contribution is 5.95. The largest absolute Gasteiger partial charge is 0.490 e. The Balaban J connectivity index is 1.59. The van der Waals surface area contributed by atoms with Gasteiger partial charge in [-0.25, -0.2) is 0 Å². The monoisotopic (exact) mass is 433 g/mol. The predicted octanol–water partition coefficient (Wildman–Crippen LogP) is 4.74. The maximum Gasteiger partial charge on any atom is 0.122 e. The second-order valence-corrected chi connectivity index (χ2v) is 8.57. The van der Waals surface area contributed by atoms with Crippen LogP contribution in [0.2, 0.25) is 0 Å². The van der Waals surface area contributed by atoms with Gasteiger partial charge in [-0.2, -0.15) is 0 Å². The number of anilines is 1. The van der Waals surface area contributed by atoms with E-state index in [1.165, 1.54) is 0 Å². The Morgan fingerprint density at radius 1 is 1.16 bits per heavy atom. The Labute approximate surface area is 191 Å². The summed E-state index contributed by atoms with van der Waals surface area (Å²) in [5, 5.41) is 15.4. The summed E-state index contributed by atoms with van der Waals surface area (Å²) in [6.45, 7) is 8.78. The van der Waals surface area contributed by atoms with E-state index >= 15 is 0 Å². The molecule has 32 heavy (non-hydrogen) atoms. The van der Waals surface area contributed by atoms with Gasteiger partial charge < -0.3 is 20.3 Å². The quantitative estimate of drug-likeness (QED) is 0.414. The van der Waals surface area contributed by atoms with E-state index in [-0.39, 0.29) is 11.9 Å². The summed E-state index contributed by atoms with van der Waals surface area (Å²) in [7, 11) is 0. The second kappa shape index (κ2) is 10.8. The first-order chi connectivity index (χ1) is 15.3. The maximum atomic E-state index is 7.76. The van der Waals surface area contributed by atoms with Crippen LogP contribution in [0.1, 0.15) is 44.7 Å². The van der Waals surface area contributed by atoms with Crippen molar-refractivity contribution in [3.63, 3.8) is 0 Å². The number of nitrogens with one attached hydrogen (secondary N) is 2. The zero-order chi connectivity index (χ0) is 23.1. The minimum absolute atomic E-state index is 0.0850. The molecular formula is C26H35N5O.